The summed E-state index contributed by atoms with van der Waals surface area (Å²) < 4.78 is 40.3. The van der Waals surface area contributed by atoms with Crippen LogP contribution in [0.3, 0.4) is 0 Å². The normalized spacial score (nSPS) is 10.5. The van der Waals surface area contributed by atoms with Gasteiger partial charge in [-0.3, -0.25) is 0 Å². The van der Waals surface area contributed by atoms with Crippen molar-refractivity contribution in [2.75, 3.05) is 0 Å². The molecule has 0 saturated carbocycles. The lowest BCUT2D eigenvalue weighted by atomic mass is 9.99. The van der Waals surface area contributed by atoms with Crippen LogP contribution >= 0.6 is 0 Å². The first-order valence-corrected chi connectivity index (χ1v) is 4.80. The molecule has 0 radical (unpaired) electrons. The van der Waals surface area contributed by atoms with Gasteiger partial charge in [0.1, 0.15) is 17.5 Å². The smallest absolute Gasteiger partial charge is 0.133 e. The fourth-order valence-corrected chi connectivity index (χ4v) is 1.63. The van der Waals surface area contributed by atoms with Crippen molar-refractivity contribution in [3.05, 3.63) is 59.4 Å². The summed E-state index contributed by atoms with van der Waals surface area (Å²) in [4.78, 5) is 0. The number of rotatable bonds is 1. The highest BCUT2D eigenvalue weighted by atomic mass is 19.1. The van der Waals surface area contributed by atoms with E-state index in [1.807, 2.05) is 0 Å². The molecule has 0 aromatic heterocycles. The van der Waals surface area contributed by atoms with E-state index in [0.29, 0.717) is 0 Å². The number of benzene rings is 2. The number of halogens is 3. The van der Waals surface area contributed by atoms with E-state index in [1.54, 1.807) is 0 Å². The summed E-state index contributed by atoms with van der Waals surface area (Å²) in [5, 5.41) is 0. The Morgan fingerprint density at radius 3 is 1.88 bits per heavy atom. The van der Waals surface area contributed by atoms with Crippen molar-refractivity contribution in [3.8, 4) is 11.1 Å². The average molecular weight is 222 g/mol. The van der Waals surface area contributed by atoms with Crippen LogP contribution in [0.2, 0.25) is 0 Å². The Kier molecular flexibility index (Phi) is 2.69. The van der Waals surface area contributed by atoms with E-state index in [4.69, 9.17) is 0 Å². The highest BCUT2D eigenvalue weighted by Crippen LogP contribution is 2.29. The molecule has 2 aromatic rings. The molecule has 0 bridgehead atoms. The van der Waals surface area contributed by atoms with Gasteiger partial charge in [-0.2, -0.15) is 0 Å². The first-order chi connectivity index (χ1) is 7.61. The van der Waals surface area contributed by atoms with Gasteiger partial charge in [0.25, 0.3) is 0 Å². The van der Waals surface area contributed by atoms with Gasteiger partial charge in [0.05, 0.1) is 5.56 Å². The Bertz CT molecular complexity index is 512. The van der Waals surface area contributed by atoms with Gasteiger partial charge in [0.15, 0.2) is 0 Å². The van der Waals surface area contributed by atoms with E-state index in [-0.39, 0.29) is 16.7 Å². The van der Waals surface area contributed by atoms with Crippen molar-refractivity contribution in [3.63, 3.8) is 0 Å². The molecule has 0 atom stereocenters. The summed E-state index contributed by atoms with van der Waals surface area (Å²) in [6.45, 7) is 1.50. The van der Waals surface area contributed by atoms with Crippen molar-refractivity contribution in [2.24, 2.45) is 0 Å². The first kappa shape index (κ1) is 10.7. The van der Waals surface area contributed by atoms with Crippen LogP contribution in [-0.2, 0) is 0 Å². The molecule has 16 heavy (non-hydrogen) atoms. The zero-order valence-corrected chi connectivity index (χ0v) is 8.60. The lowest BCUT2D eigenvalue weighted by molar-refractivity contribution is 0.587. The predicted molar refractivity (Wildman–Crippen MR) is 56.5 cm³/mol. The van der Waals surface area contributed by atoms with Crippen molar-refractivity contribution in [2.45, 2.75) is 6.92 Å². The zero-order valence-electron chi connectivity index (χ0n) is 8.60. The molecule has 0 N–H and O–H groups in total. The third-order valence-corrected chi connectivity index (χ3v) is 2.50. The summed E-state index contributed by atoms with van der Waals surface area (Å²) in [5.41, 5.74) is 0.307. The van der Waals surface area contributed by atoms with Crippen LogP contribution < -0.4 is 0 Å². The van der Waals surface area contributed by atoms with Crippen LogP contribution in [-0.4, -0.2) is 0 Å². The summed E-state index contributed by atoms with van der Waals surface area (Å²) in [7, 11) is 0. The van der Waals surface area contributed by atoms with Gasteiger partial charge >= 0.3 is 0 Å². The second kappa shape index (κ2) is 4.00. The van der Waals surface area contributed by atoms with E-state index in [0.717, 1.165) is 12.1 Å². The standard InChI is InChI=1S/C13H9F3/c1-8-9(4-2-5-10(8)14)13-11(15)6-3-7-12(13)16/h2-7H,1H3. The van der Waals surface area contributed by atoms with E-state index in [1.165, 1.54) is 31.2 Å². The van der Waals surface area contributed by atoms with Crippen molar-refractivity contribution in [1.29, 1.82) is 0 Å². The minimum Gasteiger partial charge on any atom is -0.207 e. The third kappa shape index (κ3) is 1.69. The highest BCUT2D eigenvalue weighted by Gasteiger charge is 2.14. The molecule has 0 nitrogen and oxygen atoms in total. The lowest BCUT2D eigenvalue weighted by Crippen LogP contribution is -1.94. The summed E-state index contributed by atoms with van der Waals surface area (Å²) >= 11 is 0. The number of hydrogen-bond donors (Lipinski definition) is 0. The van der Waals surface area contributed by atoms with Gasteiger partial charge in [0, 0.05) is 0 Å². The molecule has 0 aliphatic carbocycles. The monoisotopic (exact) mass is 222 g/mol. The van der Waals surface area contributed by atoms with E-state index < -0.39 is 17.5 Å². The Morgan fingerprint density at radius 1 is 0.750 bits per heavy atom. The minimum atomic E-state index is -0.686. The molecule has 0 fully saturated rings. The second-order valence-electron chi connectivity index (χ2n) is 3.51. The van der Waals surface area contributed by atoms with Crippen LogP contribution in [0.25, 0.3) is 11.1 Å². The van der Waals surface area contributed by atoms with Crippen LogP contribution in [0.5, 0.6) is 0 Å². The Labute approximate surface area is 91.4 Å². The Balaban J connectivity index is 2.73. The van der Waals surface area contributed by atoms with Gasteiger partial charge in [-0.1, -0.05) is 18.2 Å². The maximum atomic E-state index is 13.5. The molecule has 82 valence electrons. The molecular formula is C13H9F3. The molecule has 0 unspecified atom stereocenters. The second-order valence-corrected chi connectivity index (χ2v) is 3.51. The summed E-state index contributed by atoms with van der Waals surface area (Å²) in [6, 6.07) is 7.79. The maximum absolute atomic E-state index is 13.5. The molecule has 0 spiro atoms. The minimum absolute atomic E-state index is 0.181. The van der Waals surface area contributed by atoms with Gasteiger partial charge < -0.3 is 0 Å². The third-order valence-electron chi connectivity index (χ3n) is 2.50. The van der Waals surface area contributed by atoms with Crippen LogP contribution in [0.15, 0.2) is 36.4 Å². The van der Waals surface area contributed by atoms with E-state index >= 15 is 0 Å². The molecule has 2 aromatic carbocycles. The maximum Gasteiger partial charge on any atom is 0.133 e. The van der Waals surface area contributed by atoms with Gasteiger partial charge in [-0.25, -0.2) is 13.2 Å². The van der Waals surface area contributed by atoms with Gasteiger partial charge in [-0.05, 0) is 36.2 Å². The van der Waals surface area contributed by atoms with Crippen LogP contribution in [0, 0.1) is 24.4 Å². The van der Waals surface area contributed by atoms with Crippen molar-refractivity contribution < 1.29 is 13.2 Å². The lowest BCUT2D eigenvalue weighted by Gasteiger charge is -2.08. The van der Waals surface area contributed by atoms with Crippen LogP contribution in [0.1, 0.15) is 5.56 Å². The molecule has 0 amide bonds. The molecule has 0 aliphatic heterocycles. The predicted octanol–water partition coefficient (Wildman–Crippen LogP) is 4.08. The van der Waals surface area contributed by atoms with Gasteiger partial charge in [0.2, 0.25) is 0 Å². The largest absolute Gasteiger partial charge is 0.207 e. The van der Waals surface area contributed by atoms with Gasteiger partial charge in [-0.15, -0.1) is 0 Å². The Morgan fingerprint density at radius 2 is 1.25 bits per heavy atom. The molecule has 3 heteroatoms. The van der Waals surface area contributed by atoms with Crippen LogP contribution in [0.4, 0.5) is 13.2 Å². The molecule has 0 saturated heterocycles. The Hall–Kier alpha value is -1.77. The average Bonchev–Trinajstić information content (AvgIpc) is 2.24. The highest BCUT2D eigenvalue weighted by molar-refractivity contribution is 5.68. The summed E-state index contributed by atoms with van der Waals surface area (Å²) in [6.07, 6.45) is 0. The summed E-state index contributed by atoms with van der Waals surface area (Å²) in [5.74, 6) is -1.84. The molecule has 0 heterocycles. The fourth-order valence-electron chi connectivity index (χ4n) is 1.63. The molecule has 2 rings (SSSR count). The van der Waals surface area contributed by atoms with E-state index in [9.17, 15) is 13.2 Å². The number of hydrogen-bond acceptors (Lipinski definition) is 0. The molecular weight excluding hydrogens is 213 g/mol. The fraction of sp³-hybridized carbons (Fsp3) is 0.0769. The van der Waals surface area contributed by atoms with Crippen molar-refractivity contribution in [1.82, 2.24) is 0 Å². The topological polar surface area (TPSA) is 0 Å². The quantitative estimate of drug-likeness (QED) is 0.682. The SMILES string of the molecule is Cc1c(F)cccc1-c1c(F)cccc1F. The zero-order chi connectivity index (χ0) is 11.7. The van der Waals surface area contributed by atoms with E-state index in [2.05, 4.69) is 0 Å². The first-order valence-electron chi connectivity index (χ1n) is 4.80. The molecule has 0 aliphatic rings. The van der Waals surface area contributed by atoms with Crippen molar-refractivity contribution >= 4 is 0 Å².